The molecule has 1 aliphatic rings. The van der Waals surface area contributed by atoms with Gasteiger partial charge in [-0.3, -0.25) is 5.10 Å². The number of aromatic amines is 2. The molecule has 23 heavy (non-hydrogen) atoms. The molecule has 7 heteroatoms. The second kappa shape index (κ2) is 5.74. The van der Waals surface area contributed by atoms with Crippen molar-refractivity contribution in [1.82, 2.24) is 15.2 Å². The van der Waals surface area contributed by atoms with Gasteiger partial charge in [0.15, 0.2) is 0 Å². The first-order valence-corrected chi connectivity index (χ1v) is 8.32. The molecule has 2 heterocycles. The Hall–Kier alpha value is -1.69. The largest absolute Gasteiger partial charge is 0.393 e. The van der Waals surface area contributed by atoms with Gasteiger partial charge in [-0.05, 0) is 25.3 Å². The van der Waals surface area contributed by atoms with E-state index in [0.29, 0.717) is 10.0 Å². The van der Waals surface area contributed by atoms with Crippen LogP contribution in [-0.4, -0.2) is 32.4 Å². The van der Waals surface area contributed by atoms with Gasteiger partial charge in [0.05, 0.1) is 27.9 Å². The highest BCUT2D eigenvalue weighted by atomic mass is 35.5. The van der Waals surface area contributed by atoms with Crippen LogP contribution >= 0.6 is 23.2 Å². The number of rotatable bonds is 3. The summed E-state index contributed by atoms with van der Waals surface area (Å²) in [5, 5.41) is 22.1. The van der Waals surface area contributed by atoms with Crippen molar-refractivity contribution in [3.63, 3.8) is 0 Å². The minimum absolute atomic E-state index is 0.231. The molecular weight excluding hydrogens is 335 g/mol. The Balaban J connectivity index is 1.85. The zero-order valence-electron chi connectivity index (χ0n) is 12.2. The lowest BCUT2D eigenvalue weighted by Crippen LogP contribution is -2.16. The second-order valence-corrected chi connectivity index (χ2v) is 6.75. The predicted octanol–water partition coefficient (Wildman–Crippen LogP) is 4.19. The van der Waals surface area contributed by atoms with Gasteiger partial charge in [0.1, 0.15) is 0 Å². The fraction of sp³-hybridized carbons (Fsp3) is 0.312. The summed E-state index contributed by atoms with van der Waals surface area (Å²) in [7, 11) is 0. The van der Waals surface area contributed by atoms with Crippen molar-refractivity contribution in [3.8, 4) is 11.1 Å². The standard InChI is InChI=1S/C16H16Cl2N4O/c17-12-4-13(22-9-1-2-10(23)3-9)14-11(8-5-20-21-6-8)7-19-16(14)15(12)18/h4-7,9-10,19,22-23H,1-3H2,(H,20,21)/t9-,10+/m1/s1. The van der Waals surface area contributed by atoms with Gasteiger partial charge in [0.25, 0.3) is 0 Å². The Kier molecular flexibility index (Phi) is 3.71. The molecule has 5 nitrogen and oxygen atoms in total. The number of aliphatic hydroxyl groups is 1. The van der Waals surface area contributed by atoms with Crippen LogP contribution in [0.3, 0.4) is 0 Å². The van der Waals surface area contributed by atoms with Gasteiger partial charge < -0.3 is 15.4 Å². The van der Waals surface area contributed by atoms with E-state index in [1.807, 2.05) is 18.5 Å². The number of halogens is 2. The molecule has 0 aliphatic heterocycles. The maximum Gasteiger partial charge on any atom is 0.0834 e. The number of anilines is 1. The molecule has 1 aromatic carbocycles. The summed E-state index contributed by atoms with van der Waals surface area (Å²) in [6, 6.07) is 2.09. The van der Waals surface area contributed by atoms with Crippen LogP contribution in [0.4, 0.5) is 5.69 Å². The first kappa shape index (κ1) is 14.9. The second-order valence-electron chi connectivity index (χ2n) is 5.97. The Morgan fingerprint density at radius 2 is 2.13 bits per heavy atom. The van der Waals surface area contributed by atoms with Crippen molar-refractivity contribution in [1.29, 1.82) is 0 Å². The molecular formula is C16H16Cl2N4O. The average molecular weight is 351 g/mol. The van der Waals surface area contributed by atoms with Crippen molar-refractivity contribution < 1.29 is 5.11 Å². The summed E-state index contributed by atoms with van der Waals surface area (Å²) < 4.78 is 0. The lowest BCUT2D eigenvalue weighted by molar-refractivity contribution is 0.182. The maximum absolute atomic E-state index is 9.75. The van der Waals surface area contributed by atoms with E-state index in [2.05, 4.69) is 20.5 Å². The number of hydrogen-bond acceptors (Lipinski definition) is 3. The van der Waals surface area contributed by atoms with Crippen LogP contribution in [0.5, 0.6) is 0 Å². The summed E-state index contributed by atoms with van der Waals surface area (Å²) in [6.45, 7) is 0. The number of aromatic nitrogens is 3. The van der Waals surface area contributed by atoms with Crippen LogP contribution in [0.15, 0.2) is 24.7 Å². The van der Waals surface area contributed by atoms with E-state index in [1.54, 1.807) is 6.20 Å². The molecule has 0 unspecified atom stereocenters. The molecule has 4 rings (SSSR count). The van der Waals surface area contributed by atoms with Crippen molar-refractivity contribution in [2.75, 3.05) is 5.32 Å². The average Bonchev–Trinajstić information content (AvgIpc) is 3.24. The van der Waals surface area contributed by atoms with E-state index in [-0.39, 0.29) is 12.1 Å². The molecule has 0 radical (unpaired) electrons. The highest BCUT2D eigenvalue weighted by Gasteiger charge is 2.24. The third-order valence-electron chi connectivity index (χ3n) is 4.42. The van der Waals surface area contributed by atoms with Gasteiger partial charge in [-0.25, -0.2) is 0 Å². The van der Waals surface area contributed by atoms with Gasteiger partial charge in [0, 0.05) is 40.6 Å². The summed E-state index contributed by atoms with van der Waals surface area (Å²) in [6.07, 6.45) is 7.80. The monoisotopic (exact) mass is 350 g/mol. The molecule has 4 N–H and O–H groups in total. The van der Waals surface area contributed by atoms with Gasteiger partial charge in [-0.2, -0.15) is 5.10 Å². The number of fused-ring (bicyclic) bond motifs is 1. The number of nitrogens with one attached hydrogen (secondary N) is 3. The Morgan fingerprint density at radius 3 is 2.83 bits per heavy atom. The zero-order valence-corrected chi connectivity index (χ0v) is 13.7. The van der Waals surface area contributed by atoms with E-state index < -0.39 is 0 Å². The molecule has 1 aliphatic carbocycles. The van der Waals surface area contributed by atoms with Crippen LogP contribution in [0.25, 0.3) is 22.0 Å². The molecule has 0 spiro atoms. The van der Waals surface area contributed by atoms with Gasteiger partial charge in [-0.15, -0.1) is 0 Å². The minimum Gasteiger partial charge on any atom is -0.393 e. The first-order valence-electron chi connectivity index (χ1n) is 7.56. The van der Waals surface area contributed by atoms with Crippen LogP contribution in [0.1, 0.15) is 19.3 Å². The van der Waals surface area contributed by atoms with E-state index in [4.69, 9.17) is 23.2 Å². The van der Waals surface area contributed by atoms with E-state index in [9.17, 15) is 5.11 Å². The topological polar surface area (TPSA) is 76.7 Å². The zero-order chi connectivity index (χ0) is 16.0. The van der Waals surface area contributed by atoms with E-state index >= 15 is 0 Å². The molecule has 120 valence electrons. The Bertz CT molecular complexity index is 844. The molecule has 0 amide bonds. The van der Waals surface area contributed by atoms with Crippen molar-refractivity contribution >= 4 is 39.8 Å². The van der Waals surface area contributed by atoms with Gasteiger partial charge in [0.2, 0.25) is 0 Å². The fourth-order valence-corrected chi connectivity index (χ4v) is 3.71. The quantitative estimate of drug-likeness (QED) is 0.571. The molecule has 2 atom stereocenters. The van der Waals surface area contributed by atoms with Crippen LogP contribution in [-0.2, 0) is 0 Å². The number of nitrogens with zero attached hydrogens (tertiary/aromatic N) is 1. The molecule has 1 fully saturated rings. The maximum atomic E-state index is 9.75. The SMILES string of the molecule is O[C@H]1CC[C@@H](Nc2cc(Cl)c(Cl)c3[nH]cc(-c4cn[nH]c4)c23)C1. The highest BCUT2D eigenvalue weighted by Crippen LogP contribution is 2.41. The lowest BCUT2D eigenvalue weighted by atomic mass is 10.1. The van der Waals surface area contributed by atoms with Crippen LogP contribution in [0, 0.1) is 0 Å². The van der Waals surface area contributed by atoms with Crippen molar-refractivity contribution in [3.05, 3.63) is 34.7 Å². The number of benzene rings is 1. The summed E-state index contributed by atoms with van der Waals surface area (Å²) >= 11 is 12.6. The third kappa shape index (κ3) is 2.59. The normalized spacial score (nSPS) is 21.2. The van der Waals surface area contributed by atoms with Crippen molar-refractivity contribution in [2.24, 2.45) is 0 Å². The minimum atomic E-state index is -0.231. The molecule has 1 saturated carbocycles. The number of hydrogen-bond donors (Lipinski definition) is 4. The number of H-pyrrole nitrogens is 2. The van der Waals surface area contributed by atoms with Crippen LogP contribution < -0.4 is 5.32 Å². The number of aliphatic hydroxyl groups excluding tert-OH is 1. The predicted molar refractivity (Wildman–Crippen MR) is 93.2 cm³/mol. The molecule has 0 saturated heterocycles. The Labute approximate surface area is 143 Å². The van der Waals surface area contributed by atoms with Gasteiger partial charge in [-0.1, -0.05) is 23.2 Å². The summed E-state index contributed by atoms with van der Waals surface area (Å²) in [5.74, 6) is 0. The first-order chi connectivity index (χ1) is 11.1. The Morgan fingerprint density at radius 1 is 1.26 bits per heavy atom. The van der Waals surface area contributed by atoms with Crippen LogP contribution in [0.2, 0.25) is 10.0 Å². The summed E-state index contributed by atoms with van der Waals surface area (Å²) in [4.78, 5) is 3.21. The van der Waals surface area contributed by atoms with Gasteiger partial charge >= 0.3 is 0 Å². The molecule has 3 aromatic rings. The third-order valence-corrected chi connectivity index (χ3v) is 5.21. The molecule has 0 bridgehead atoms. The lowest BCUT2D eigenvalue weighted by Gasteiger charge is -2.16. The van der Waals surface area contributed by atoms with E-state index in [1.165, 1.54) is 0 Å². The highest BCUT2D eigenvalue weighted by molar-refractivity contribution is 6.46. The fourth-order valence-electron chi connectivity index (χ4n) is 3.31. The van der Waals surface area contributed by atoms with Crippen molar-refractivity contribution in [2.45, 2.75) is 31.4 Å². The van der Waals surface area contributed by atoms with E-state index in [0.717, 1.165) is 47.0 Å². The molecule has 2 aromatic heterocycles. The summed E-state index contributed by atoms with van der Waals surface area (Å²) in [5.41, 5.74) is 3.71. The smallest absolute Gasteiger partial charge is 0.0834 e.